The number of hydrazine groups is 1. The third-order valence-corrected chi connectivity index (χ3v) is 4.88. The van der Waals surface area contributed by atoms with E-state index in [4.69, 9.17) is 14.2 Å². The van der Waals surface area contributed by atoms with E-state index in [0.717, 1.165) is 4.88 Å². The first kappa shape index (κ1) is 21.2. The van der Waals surface area contributed by atoms with Crippen molar-refractivity contribution in [3.05, 3.63) is 39.6 Å². The highest BCUT2D eigenvalue weighted by molar-refractivity contribution is 7.14. The highest BCUT2D eigenvalue weighted by Crippen LogP contribution is 2.38. The third kappa shape index (κ3) is 5.23. The average Bonchev–Trinajstić information content (AvgIpc) is 3.15. The van der Waals surface area contributed by atoms with Gasteiger partial charge in [-0.2, -0.15) is 0 Å². The molecule has 9 heteroatoms. The van der Waals surface area contributed by atoms with E-state index < -0.39 is 11.8 Å². The summed E-state index contributed by atoms with van der Waals surface area (Å²) in [5.74, 6) is -0.155. The van der Waals surface area contributed by atoms with Crippen LogP contribution in [0.4, 0.5) is 0 Å². The van der Waals surface area contributed by atoms with Crippen LogP contribution in [0.15, 0.2) is 24.3 Å². The zero-order chi connectivity index (χ0) is 20.7. The van der Waals surface area contributed by atoms with Crippen LogP contribution in [-0.4, -0.2) is 38.9 Å². The monoisotopic (exact) mass is 406 g/mol. The normalized spacial score (nSPS) is 10.1. The van der Waals surface area contributed by atoms with Crippen molar-refractivity contribution < 1.29 is 28.6 Å². The van der Waals surface area contributed by atoms with Crippen LogP contribution in [0.25, 0.3) is 0 Å². The number of rotatable bonds is 8. The van der Waals surface area contributed by atoms with Crippen molar-refractivity contribution >= 4 is 28.9 Å². The number of carbonyl (C=O) groups is 3. The van der Waals surface area contributed by atoms with Crippen LogP contribution >= 0.6 is 11.3 Å². The van der Waals surface area contributed by atoms with Crippen LogP contribution in [0.2, 0.25) is 0 Å². The first-order chi connectivity index (χ1) is 13.4. The molecule has 0 aliphatic rings. The SMILES string of the molecule is COc1cc(C(=O)NNC(=O)CCC(=O)c2ccc(C)s2)cc(OC)c1OC. The fourth-order valence-electron chi connectivity index (χ4n) is 2.41. The fraction of sp³-hybridized carbons (Fsp3) is 0.316. The maximum atomic E-state index is 12.3. The molecule has 0 aliphatic heterocycles. The standard InChI is InChI=1S/C19H22N2O6S/c1-11-5-7-16(28-11)13(22)6-8-17(23)20-21-19(24)12-9-14(25-2)18(27-4)15(10-12)26-3/h5,7,9-10H,6,8H2,1-4H3,(H,20,23)(H,21,24). The Morgan fingerprint density at radius 1 is 0.929 bits per heavy atom. The Kier molecular flexibility index (Phi) is 7.39. The van der Waals surface area contributed by atoms with Gasteiger partial charge in [0, 0.05) is 23.3 Å². The number of hydrogen-bond donors (Lipinski definition) is 2. The molecule has 1 heterocycles. The molecule has 28 heavy (non-hydrogen) atoms. The molecule has 2 aromatic rings. The maximum Gasteiger partial charge on any atom is 0.269 e. The van der Waals surface area contributed by atoms with Gasteiger partial charge >= 0.3 is 0 Å². The van der Waals surface area contributed by atoms with Crippen LogP contribution in [0.3, 0.4) is 0 Å². The Hall–Kier alpha value is -3.07. The summed E-state index contributed by atoms with van der Waals surface area (Å²) in [6.45, 7) is 1.91. The number of ketones is 1. The zero-order valence-corrected chi connectivity index (χ0v) is 16.9. The molecule has 0 bridgehead atoms. The predicted molar refractivity (Wildman–Crippen MR) is 104 cm³/mol. The molecule has 0 radical (unpaired) electrons. The molecular formula is C19H22N2O6S. The average molecular weight is 406 g/mol. The number of amides is 2. The van der Waals surface area contributed by atoms with Gasteiger partial charge in [0.2, 0.25) is 11.7 Å². The second-order valence-electron chi connectivity index (χ2n) is 5.75. The van der Waals surface area contributed by atoms with Crippen molar-refractivity contribution in [2.24, 2.45) is 0 Å². The maximum absolute atomic E-state index is 12.3. The highest BCUT2D eigenvalue weighted by atomic mass is 32.1. The van der Waals surface area contributed by atoms with Gasteiger partial charge in [-0.05, 0) is 31.2 Å². The second kappa shape index (κ2) is 9.75. The summed E-state index contributed by atoms with van der Waals surface area (Å²) < 4.78 is 15.6. The van der Waals surface area contributed by atoms with Crippen LogP contribution in [0.5, 0.6) is 17.2 Å². The first-order valence-corrected chi connectivity index (χ1v) is 9.20. The van der Waals surface area contributed by atoms with Crippen molar-refractivity contribution in [3.63, 3.8) is 0 Å². The van der Waals surface area contributed by atoms with Crippen molar-refractivity contribution in [2.45, 2.75) is 19.8 Å². The molecule has 0 unspecified atom stereocenters. The molecule has 1 aromatic heterocycles. The van der Waals surface area contributed by atoms with Gasteiger partial charge in [0.05, 0.1) is 26.2 Å². The molecule has 1 aromatic carbocycles. The summed E-state index contributed by atoms with van der Waals surface area (Å²) in [6, 6.07) is 6.53. The number of carbonyl (C=O) groups excluding carboxylic acids is 3. The van der Waals surface area contributed by atoms with Crippen LogP contribution in [0.1, 0.15) is 37.7 Å². The highest BCUT2D eigenvalue weighted by Gasteiger charge is 2.17. The fourth-order valence-corrected chi connectivity index (χ4v) is 3.24. The molecule has 0 aliphatic carbocycles. The lowest BCUT2D eigenvalue weighted by atomic mass is 10.1. The number of hydrogen-bond acceptors (Lipinski definition) is 7. The van der Waals surface area contributed by atoms with E-state index in [1.165, 1.54) is 44.8 Å². The third-order valence-electron chi connectivity index (χ3n) is 3.84. The Balaban J connectivity index is 1.92. The van der Waals surface area contributed by atoms with Crippen LogP contribution in [-0.2, 0) is 4.79 Å². The number of nitrogens with one attached hydrogen (secondary N) is 2. The summed E-state index contributed by atoms with van der Waals surface area (Å²) in [6.07, 6.45) is 0.0250. The largest absolute Gasteiger partial charge is 0.493 e. The number of thiophene rings is 1. The van der Waals surface area contributed by atoms with Crippen molar-refractivity contribution in [3.8, 4) is 17.2 Å². The molecule has 0 fully saturated rings. The van der Waals surface area contributed by atoms with Gasteiger partial charge in [-0.25, -0.2) is 0 Å². The van der Waals surface area contributed by atoms with Gasteiger partial charge < -0.3 is 14.2 Å². The number of ether oxygens (including phenoxy) is 3. The molecule has 0 atom stereocenters. The lowest BCUT2D eigenvalue weighted by Gasteiger charge is -2.14. The molecule has 2 amide bonds. The van der Waals surface area contributed by atoms with Crippen LogP contribution in [0, 0.1) is 6.92 Å². The Morgan fingerprint density at radius 3 is 2.07 bits per heavy atom. The zero-order valence-electron chi connectivity index (χ0n) is 16.1. The van der Waals surface area contributed by atoms with Gasteiger partial charge in [-0.1, -0.05) is 0 Å². The Morgan fingerprint density at radius 2 is 1.57 bits per heavy atom. The minimum atomic E-state index is -0.562. The molecular weight excluding hydrogens is 384 g/mol. The summed E-state index contributed by atoms with van der Waals surface area (Å²) in [5.41, 5.74) is 4.81. The molecule has 2 N–H and O–H groups in total. The van der Waals surface area contributed by atoms with Crippen LogP contribution < -0.4 is 25.1 Å². The quantitative estimate of drug-likeness (QED) is 0.516. The number of Topliss-reactive ketones (excluding diaryl/α,β-unsaturated/α-hetero) is 1. The van der Waals surface area contributed by atoms with Gasteiger partial charge in [0.15, 0.2) is 17.3 Å². The van der Waals surface area contributed by atoms with E-state index >= 15 is 0 Å². The van der Waals surface area contributed by atoms with E-state index in [0.29, 0.717) is 22.1 Å². The van der Waals surface area contributed by atoms with Gasteiger partial charge in [0.25, 0.3) is 5.91 Å². The first-order valence-electron chi connectivity index (χ1n) is 8.38. The van der Waals surface area contributed by atoms with Crippen molar-refractivity contribution in [1.82, 2.24) is 10.9 Å². The van der Waals surface area contributed by atoms with Crippen molar-refractivity contribution in [2.75, 3.05) is 21.3 Å². The molecule has 0 spiro atoms. The summed E-state index contributed by atoms with van der Waals surface area (Å²) in [7, 11) is 4.33. The minimum absolute atomic E-state index is 0.0364. The predicted octanol–water partition coefficient (Wildman–Crippen LogP) is 2.51. The number of aryl methyl sites for hydroxylation is 1. The lowest BCUT2D eigenvalue weighted by molar-refractivity contribution is -0.121. The summed E-state index contributed by atoms with van der Waals surface area (Å²) in [4.78, 5) is 37.9. The topological polar surface area (TPSA) is 103 Å². The number of methoxy groups -OCH3 is 3. The summed E-state index contributed by atoms with van der Waals surface area (Å²) in [5, 5.41) is 0. The second-order valence-corrected chi connectivity index (χ2v) is 7.04. The molecule has 8 nitrogen and oxygen atoms in total. The Labute approximate surface area is 166 Å². The summed E-state index contributed by atoms with van der Waals surface area (Å²) >= 11 is 1.39. The number of benzene rings is 1. The van der Waals surface area contributed by atoms with Gasteiger partial charge in [-0.15, -0.1) is 11.3 Å². The van der Waals surface area contributed by atoms with E-state index in [-0.39, 0.29) is 24.2 Å². The van der Waals surface area contributed by atoms with E-state index in [2.05, 4.69) is 10.9 Å². The molecule has 0 saturated carbocycles. The minimum Gasteiger partial charge on any atom is -0.493 e. The molecule has 0 saturated heterocycles. The Bertz CT molecular complexity index is 852. The van der Waals surface area contributed by atoms with E-state index in [9.17, 15) is 14.4 Å². The van der Waals surface area contributed by atoms with Crippen molar-refractivity contribution in [1.29, 1.82) is 0 Å². The van der Waals surface area contributed by atoms with E-state index in [1.54, 1.807) is 6.07 Å². The van der Waals surface area contributed by atoms with Gasteiger partial charge in [0.1, 0.15) is 0 Å². The smallest absolute Gasteiger partial charge is 0.269 e. The van der Waals surface area contributed by atoms with Gasteiger partial charge in [-0.3, -0.25) is 25.2 Å². The molecule has 150 valence electrons. The van der Waals surface area contributed by atoms with E-state index in [1.807, 2.05) is 13.0 Å². The lowest BCUT2D eigenvalue weighted by Crippen LogP contribution is -2.41. The molecule has 2 rings (SSSR count).